The first-order chi connectivity index (χ1) is 11.2. The molecule has 0 amide bonds. The van der Waals surface area contributed by atoms with Crippen molar-refractivity contribution in [2.45, 2.75) is 13.3 Å². The number of hydrogen-bond acceptors (Lipinski definition) is 2. The molecule has 0 saturated carbocycles. The summed E-state index contributed by atoms with van der Waals surface area (Å²) >= 11 is 0. The van der Waals surface area contributed by atoms with Gasteiger partial charge in [0.2, 0.25) is 5.12 Å². The lowest BCUT2D eigenvalue weighted by atomic mass is 10.00. The van der Waals surface area contributed by atoms with Crippen molar-refractivity contribution >= 4 is 29.1 Å². The summed E-state index contributed by atoms with van der Waals surface area (Å²) in [6.45, 7) is 2.01. The Hall–Kier alpha value is -2.44. The Kier molecular flexibility index (Phi) is 3.48. The van der Waals surface area contributed by atoms with Gasteiger partial charge in [-0.15, -0.1) is 0 Å². The van der Waals surface area contributed by atoms with Crippen LogP contribution in [0.1, 0.15) is 16.7 Å². The van der Waals surface area contributed by atoms with Crippen molar-refractivity contribution in [1.29, 1.82) is 0 Å². The molecule has 23 heavy (non-hydrogen) atoms. The molecule has 0 saturated heterocycles. The van der Waals surface area contributed by atoms with Crippen molar-refractivity contribution in [3.05, 3.63) is 83.4 Å². The van der Waals surface area contributed by atoms with E-state index in [2.05, 4.69) is 36.4 Å². The van der Waals surface area contributed by atoms with Gasteiger partial charge in [0.1, 0.15) is 0 Å². The topological polar surface area (TPSA) is 30.2 Å². The Morgan fingerprint density at radius 1 is 0.870 bits per heavy atom. The van der Waals surface area contributed by atoms with Crippen LogP contribution in [0.2, 0.25) is 0 Å². The van der Waals surface area contributed by atoms with Crippen molar-refractivity contribution in [2.75, 3.05) is 0 Å². The first kappa shape index (κ1) is 14.2. The van der Waals surface area contributed by atoms with E-state index in [0.29, 0.717) is 5.58 Å². The fraction of sp³-hybridized carbons (Fsp3) is 0.100. The number of rotatable bonds is 2. The maximum atomic E-state index is 12.5. The minimum absolute atomic E-state index is 0.706. The van der Waals surface area contributed by atoms with E-state index < -0.39 is 7.65 Å². The average molecular weight is 319 g/mol. The molecule has 0 aliphatic heterocycles. The van der Waals surface area contributed by atoms with Gasteiger partial charge in [0, 0.05) is 16.3 Å². The summed E-state index contributed by atoms with van der Waals surface area (Å²) in [5.74, 6) is 0. The largest absolute Gasteiger partial charge is 0.598 e. The second kappa shape index (κ2) is 5.64. The predicted octanol–water partition coefficient (Wildman–Crippen LogP) is 6.23. The van der Waals surface area contributed by atoms with Crippen molar-refractivity contribution in [3.63, 3.8) is 0 Å². The highest BCUT2D eigenvalue weighted by Gasteiger charge is 2.19. The normalized spacial score (nSPS) is 12.0. The van der Waals surface area contributed by atoms with Crippen LogP contribution in [0.4, 0.5) is 0 Å². The molecular formula is C20H16O2P+. The Balaban J connectivity index is 1.98. The zero-order valence-electron chi connectivity index (χ0n) is 12.8. The molecule has 4 aromatic rings. The van der Waals surface area contributed by atoms with E-state index in [1.807, 2.05) is 37.3 Å². The molecule has 4 rings (SSSR count). The van der Waals surface area contributed by atoms with Crippen LogP contribution < -0.4 is 0 Å². The maximum Gasteiger partial charge on any atom is 0.598 e. The summed E-state index contributed by atoms with van der Waals surface area (Å²) in [5.41, 5.74) is 4.24. The molecular weight excluding hydrogens is 303 g/mol. The van der Waals surface area contributed by atoms with Crippen LogP contribution in [0.25, 0.3) is 21.5 Å². The second-order valence-corrected chi connectivity index (χ2v) is 6.96. The Bertz CT molecular complexity index is 1070. The van der Waals surface area contributed by atoms with Gasteiger partial charge in [-0.25, -0.2) is 4.20 Å². The molecule has 0 bridgehead atoms. The summed E-state index contributed by atoms with van der Waals surface area (Å²) in [4.78, 5) is 0. The van der Waals surface area contributed by atoms with Gasteiger partial charge in [-0.2, -0.15) is 0 Å². The summed E-state index contributed by atoms with van der Waals surface area (Å²) in [5, 5.41) is 2.89. The van der Waals surface area contributed by atoms with Crippen LogP contribution in [0.5, 0.6) is 0 Å². The van der Waals surface area contributed by atoms with Crippen LogP contribution in [0.15, 0.2) is 70.9 Å². The molecule has 0 fully saturated rings. The van der Waals surface area contributed by atoms with E-state index in [1.165, 1.54) is 11.1 Å². The first-order valence-electron chi connectivity index (χ1n) is 7.64. The van der Waals surface area contributed by atoms with Gasteiger partial charge < -0.3 is 0 Å². The number of para-hydroxylation sites is 1. The molecule has 1 heterocycles. The summed E-state index contributed by atoms with van der Waals surface area (Å²) in [6.07, 6.45) is 0.870. The molecule has 3 heteroatoms. The highest BCUT2D eigenvalue weighted by atomic mass is 31.1. The molecule has 112 valence electrons. The van der Waals surface area contributed by atoms with Gasteiger partial charge >= 0.3 is 7.65 Å². The van der Waals surface area contributed by atoms with Crippen molar-refractivity contribution in [3.8, 4) is 0 Å². The highest BCUT2D eigenvalue weighted by molar-refractivity contribution is 7.37. The lowest BCUT2D eigenvalue weighted by Crippen LogP contribution is -1.90. The molecule has 0 radical (unpaired) electrons. The maximum absolute atomic E-state index is 12.5. The molecule has 2 nitrogen and oxygen atoms in total. The Morgan fingerprint density at radius 3 is 2.43 bits per heavy atom. The van der Waals surface area contributed by atoms with E-state index >= 15 is 0 Å². The number of hydrogen-bond donors (Lipinski definition) is 0. The molecule has 3 aromatic carbocycles. The van der Waals surface area contributed by atoms with Crippen LogP contribution in [-0.4, -0.2) is 0 Å². The van der Waals surface area contributed by atoms with E-state index in [9.17, 15) is 4.57 Å². The summed E-state index contributed by atoms with van der Waals surface area (Å²) < 4.78 is 18.1. The van der Waals surface area contributed by atoms with Crippen LogP contribution >= 0.6 is 7.65 Å². The van der Waals surface area contributed by atoms with Gasteiger partial charge in [0.15, 0.2) is 5.58 Å². The fourth-order valence-corrected chi connectivity index (χ4v) is 4.30. The third-order valence-electron chi connectivity index (χ3n) is 4.15. The molecule has 0 N–H and O–H groups in total. The van der Waals surface area contributed by atoms with Gasteiger partial charge in [-0.1, -0.05) is 54.6 Å². The second-order valence-electron chi connectivity index (χ2n) is 5.82. The monoisotopic (exact) mass is 319 g/mol. The molecule has 1 unspecified atom stereocenters. The van der Waals surface area contributed by atoms with E-state index in [0.717, 1.165) is 27.9 Å². The summed E-state index contributed by atoms with van der Waals surface area (Å²) in [7, 11) is -1.84. The van der Waals surface area contributed by atoms with Gasteiger partial charge in [-0.3, -0.25) is 0 Å². The predicted molar refractivity (Wildman–Crippen MR) is 95.3 cm³/mol. The quantitative estimate of drug-likeness (QED) is 0.410. The molecule has 1 atom stereocenters. The van der Waals surface area contributed by atoms with Crippen molar-refractivity contribution in [2.24, 2.45) is 0 Å². The van der Waals surface area contributed by atoms with Crippen LogP contribution in [0, 0.1) is 6.92 Å². The van der Waals surface area contributed by atoms with Gasteiger partial charge in [0.05, 0.1) is 0 Å². The van der Waals surface area contributed by atoms with E-state index in [4.69, 9.17) is 4.20 Å². The fourth-order valence-electron chi connectivity index (χ4n) is 3.14. The lowest BCUT2D eigenvalue weighted by Gasteiger charge is -2.05. The van der Waals surface area contributed by atoms with Gasteiger partial charge in [-0.05, 0) is 41.2 Å². The third-order valence-corrected chi connectivity index (χ3v) is 5.47. The number of aryl methyl sites for hydroxylation is 1. The van der Waals surface area contributed by atoms with E-state index in [-0.39, 0.29) is 0 Å². The smallest absolute Gasteiger partial charge is 0.250 e. The first-order valence-corrected chi connectivity index (χ1v) is 8.82. The molecule has 0 spiro atoms. The third kappa shape index (κ3) is 2.56. The number of fused-ring (bicyclic) bond motifs is 3. The Morgan fingerprint density at radius 2 is 1.61 bits per heavy atom. The Labute approximate surface area is 135 Å². The SMILES string of the molecule is Cc1cc(Cc2ccccc2)cc2c3ccccc3o[p+](=O)c12. The zero-order chi connectivity index (χ0) is 15.8. The lowest BCUT2D eigenvalue weighted by molar-refractivity contribution is 0.563. The summed E-state index contributed by atoms with van der Waals surface area (Å²) in [6, 6.07) is 22.5. The molecule has 0 aliphatic carbocycles. The molecule has 1 aromatic heterocycles. The van der Waals surface area contributed by atoms with E-state index in [1.54, 1.807) is 0 Å². The average Bonchev–Trinajstić information content (AvgIpc) is 2.55. The van der Waals surface area contributed by atoms with Crippen LogP contribution in [0.3, 0.4) is 0 Å². The minimum atomic E-state index is -1.84. The minimum Gasteiger partial charge on any atom is -0.250 e. The zero-order valence-corrected chi connectivity index (χ0v) is 13.7. The molecule has 0 aliphatic rings. The van der Waals surface area contributed by atoms with Crippen molar-refractivity contribution in [1.82, 2.24) is 0 Å². The highest BCUT2D eigenvalue weighted by Crippen LogP contribution is 2.38. The standard InChI is InChI=1S/C20H16O2P/c1-14-11-16(12-15-7-3-2-4-8-15)13-18-17-9-5-6-10-19(17)22-23(21)20(14)18/h2-11,13H,12H2,1H3/q+1. The van der Waals surface area contributed by atoms with Gasteiger partial charge in [0.25, 0.3) is 0 Å². The number of benzene rings is 3. The van der Waals surface area contributed by atoms with Crippen LogP contribution in [-0.2, 0) is 11.0 Å². The van der Waals surface area contributed by atoms with Crippen molar-refractivity contribution < 1.29 is 8.76 Å².